The maximum absolute atomic E-state index is 11.6. The van der Waals surface area contributed by atoms with Crippen LogP contribution in [0.1, 0.15) is 40.0 Å². The number of esters is 1. The van der Waals surface area contributed by atoms with E-state index < -0.39 is 5.54 Å². The van der Waals surface area contributed by atoms with Crippen LogP contribution in [0.4, 0.5) is 0 Å². The Balaban J connectivity index is 3.97. The van der Waals surface area contributed by atoms with Crippen LogP contribution < -0.4 is 5.32 Å². The average Bonchev–Trinajstić information content (AvgIpc) is 2.28. The predicted molar refractivity (Wildman–Crippen MR) is 64.4 cm³/mol. The Hall–Kier alpha value is -0.610. The van der Waals surface area contributed by atoms with Gasteiger partial charge in [0.2, 0.25) is 0 Å². The second-order valence-electron chi connectivity index (χ2n) is 4.07. The van der Waals surface area contributed by atoms with Crippen molar-refractivity contribution in [3.05, 3.63) is 0 Å². The van der Waals surface area contributed by atoms with E-state index in [1.54, 1.807) is 0 Å². The SMILES string of the molecule is CCCOCCCC(C)(NCC)C(=O)OC. The Kier molecular flexibility index (Phi) is 8.21. The number of ether oxygens (including phenoxy) is 2. The minimum absolute atomic E-state index is 0.204. The number of hydrogen-bond acceptors (Lipinski definition) is 4. The molecule has 0 saturated heterocycles. The van der Waals surface area contributed by atoms with Crippen LogP contribution in [-0.2, 0) is 14.3 Å². The van der Waals surface area contributed by atoms with Crippen molar-refractivity contribution >= 4 is 5.97 Å². The van der Waals surface area contributed by atoms with Crippen LogP contribution in [0, 0.1) is 0 Å². The van der Waals surface area contributed by atoms with E-state index in [0.717, 1.165) is 32.4 Å². The zero-order chi connectivity index (χ0) is 12.4. The lowest BCUT2D eigenvalue weighted by Crippen LogP contribution is -2.50. The number of nitrogens with one attached hydrogen (secondary N) is 1. The van der Waals surface area contributed by atoms with E-state index in [4.69, 9.17) is 9.47 Å². The lowest BCUT2D eigenvalue weighted by atomic mass is 9.96. The van der Waals surface area contributed by atoms with E-state index in [0.29, 0.717) is 6.61 Å². The first-order valence-electron chi connectivity index (χ1n) is 6.02. The van der Waals surface area contributed by atoms with Crippen LogP contribution in [0.5, 0.6) is 0 Å². The molecule has 1 N–H and O–H groups in total. The van der Waals surface area contributed by atoms with Gasteiger partial charge in [-0.15, -0.1) is 0 Å². The summed E-state index contributed by atoms with van der Waals surface area (Å²) in [4.78, 5) is 11.6. The van der Waals surface area contributed by atoms with Gasteiger partial charge in [0.1, 0.15) is 5.54 Å². The van der Waals surface area contributed by atoms with E-state index in [-0.39, 0.29) is 5.97 Å². The summed E-state index contributed by atoms with van der Waals surface area (Å²) in [6, 6.07) is 0. The van der Waals surface area contributed by atoms with E-state index in [1.807, 2.05) is 13.8 Å². The van der Waals surface area contributed by atoms with Gasteiger partial charge in [-0.3, -0.25) is 4.79 Å². The Labute approximate surface area is 98.7 Å². The molecule has 0 aromatic heterocycles. The average molecular weight is 231 g/mol. The van der Waals surface area contributed by atoms with Crippen LogP contribution in [0.2, 0.25) is 0 Å². The minimum atomic E-state index is -0.584. The van der Waals surface area contributed by atoms with Gasteiger partial charge in [0.05, 0.1) is 7.11 Å². The summed E-state index contributed by atoms with van der Waals surface area (Å²) >= 11 is 0. The first-order valence-corrected chi connectivity index (χ1v) is 6.02. The van der Waals surface area contributed by atoms with Gasteiger partial charge in [0.25, 0.3) is 0 Å². The summed E-state index contributed by atoms with van der Waals surface area (Å²) in [5, 5.41) is 3.17. The predicted octanol–water partition coefficient (Wildman–Crippen LogP) is 1.73. The highest BCUT2D eigenvalue weighted by Crippen LogP contribution is 2.14. The summed E-state index contributed by atoms with van der Waals surface area (Å²) in [6.45, 7) is 8.18. The van der Waals surface area contributed by atoms with E-state index in [2.05, 4.69) is 12.2 Å². The van der Waals surface area contributed by atoms with Gasteiger partial charge in [0.15, 0.2) is 0 Å². The molecule has 0 saturated carbocycles. The zero-order valence-electron chi connectivity index (χ0n) is 11.0. The van der Waals surface area contributed by atoms with E-state index >= 15 is 0 Å². The zero-order valence-corrected chi connectivity index (χ0v) is 11.0. The largest absolute Gasteiger partial charge is 0.468 e. The monoisotopic (exact) mass is 231 g/mol. The van der Waals surface area contributed by atoms with Gasteiger partial charge >= 0.3 is 5.97 Å². The lowest BCUT2D eigenvalue weighted by Gasteiger charge is -2.27. The summed E-state index contributed by atoms with van der Waals surface area (Å²) in [7, 11) is 1.42. The number of hydrogen-bond donors (Lipinski definition) is 1. The van der Waals surface area contributed by atoms with Crippen LogP contribution in [0.25, 0.3) is 0 Å². The molecule has 0 aromatic carbocycles. The summed E-state index contributed by atoms with van der Waals surface area (Å²) < 4.78 is 10.2. The molecule has 0 fully saturated rings. The molecular formula is C12H25NO3. The van der Waals surface area contributed by atoms with E-state index in [9.17, 15) is 4.79 Å². The Morgan fingerprint density at radius 1 is 1.31 bits per heavy atom. The van der Waals surface area contributed by atoms with Gasteiger partial charge in [-0.1, -0.05) is 13.8 Å². The highest BCUT2D eigenvalue weighted by Gasteiger charge is 2.32. The van der Waals surface area contributed by atoms with E-state index in [1.165, 1.54) is 7.11 Å². The van der Waals surface area contributed by atoms with Crippen LogP contribution in [0.3, 0.4) is 0 Å². The number of methoxy groups -OCH3 is 1. The standard InChI is InChI=1S/C12H25NO3/c1-5-9-16-10-7-8-12(3,13-6-2)11(14)15-4/h13H,5-10H2,1-4H3. The molecule has 0 aliphatic carbocycles. The Bertz CT molecular complexity index is 197. The van der Waals surface area contributed by atoms with Gasteiger partial charge in [-0.2, -0.15) is 0 Å². The highest BCUT2D eigenvalue weighted by atomic mass is 16.5. The van der Waals surface area contributed by atoms with Gasteiger partial charge in [-0.25, -0.2) is 0 Å². The molecule has 0 spiro atoms. The lowest BCUT2D eigenvalue weighted by molar-refractivity contribution is -0.148. The van der Waals surface area contributed by atoms with Crippen LogP contribution in [0.15, 0.2) is 0 Å². The molecule has 0 bridgehead atoms. The molecule has 0 aliphatic heterocycles. The second kappa shape index (κ2) is 8.53. The van der Waals surface area contributed by atoms with Crippen molar-refractivity contribution in [1.29, 1.82) is 0 Å². The minimum Gasteiger partial charge on any atom is -0.468 e. The highest BCUT2D eigenvalue weighted by molar-refractivity contribution is 5.80. The Morgan fingerprint density at radius 3 is 2.50 bits per heavy atom. The van der Waals surface area contributed by atoms with Crippen molar-refractivity contribution in [2.24, 2.45) is 0 Å². The molecule has 0 radical (unpaired) electrons. The third-order valence-corrected chi connectivity index (χ3v) is 2.52. The molecule has 1 unspecified atom stereocenters. The molecule has 0 rings (SSSR count). The number of carbonyl (C=O) groups excluding carboxylic acids is 1. The summed E-state index contributed by atoms with van der Waals surface area (Å²) in [5.41, 5.74) is -0.584. The van der Waals surface area contributed by atoms with Crippen molar-refractivity contribution in [2.45, 2.75) is 45.6 Å². The first-order chi connectivity index (χ1) is 7.60. The fraction of sp³-hybridized carbons (Fsp3) is 0.917. The maximum Gasteiger partial charge on any atom is 0.325 e. The molecule has 4 nitrogen and oxygen atoms in total. The van der Waals surface area contributed by atoms with Gasteiger partial charge < -0.3 is 14.8 Å². The smallest absolute Gasteiger partial charge is 0.325 e. The van der Waals surface area contributed by atoms with Crippen molar-refractivity contribution in [1.82, 2.24) is 5.32 Å². The van der Waals surface area contributed by atoms with Crippen molar-refractivity contribution in [3.63, 3.8) is 0 Å². The maximum atomic E-state index is 11.6. The topological polar surface area (TPSA) is 47.6 Å². The molecule has 0 amide bonds. The van der Waals surface area contributed by atoms with Crippen molar-refractivity contribution in [2.75, 3.05) is 26.9 Å². The molecule has 1 atom stereocenters. The third kappa shape index (κ3) is 5.47. The quantitative estimate of drug-likeness (QED) is 0.485. The molecule has 0 aromatic rings. The number of rotatable bonds is 9. The summed E-state index contributed by atoms with van der Waals surface area (Å²) in [6.07, 6.45) is 2.62. The third-order valence-electron chi connectivity index (χ3n) is 2.52. The first kappa shape index (κ1) is 15.4. The van der Waals surface area contributed by atoms with Crippen molar-refractivity contribution < 1.29 is 14.3 Å². The number of likely N-dealkylation sites (N-methyl/N-ethyl adjacent to an activating group) is 1. The second-order valence-corrected chi connectivity index (χ2v) is 4.07. The van der Waals surface area contributed by atoms with Crippen molar-refractivity contribution in [3.8, 4) is 0 Å². The van der Waals surface area contributed by atoms with Gasteiger partial charge in [-0.05, 0) is 32.7 Å². The Morgan fingerprint density at radius 2 is 2.00 bits per heavy atom. The molecule has 16 heavy (non-hydrogen) atoms. The van der Waals surface area contributed by atoms with Gasteiger partial charge in [0, 0.05) is 13.2 Å². The molecule has 96 valence electrons. The molecule has 4 heteroatoms. The molecular weight excluding hydrogens is 206 g/mol. The normalized spacial score (nSPS) is 14.5. The summed E-state index contributed by atoms with van der Waals surface area (Å²) in [5.74, 6) is -0.204. The number of carbonyl (C=O) groups is 1. The molecule has 0 heterocycles. The fourth-order valence-electron chi connectivity index (χ4n) is 1.65. The fourth-order valence-corrected chi connectivity index (χ4v) is 1.65. The van der Waals surface area contributed by atoms with Crippen LogP contribution in [-0.4, -0.2) is 38.4 Å². The molecule has 0 aliphatic rings. The van der Waals surface area contributed by atoms with Crippen LogP contribution >= 0.6 is 0 Å².